The predicted molar refractivity (Wildman–Crippen MR) is 16.2 cm³/mol. The van der Waals surface area contributed by atoms with Crippen molar-refractivity contribution in [3.05, 3.63) is 0 Å². The van der Waals surface area contributed by atoms with Crippen LogP contribution >= 0.6 is 7.82 Å². The Hall–Kier alpha value is 3.03. The Kier molecular flexibility index (Phi) is 68.5. The van der Waals surface area contributed by atoms with Gasteiger partial charge in [0.2, 0.25) is 0 Å². The molecule has 0 rings (SSSR count). The Balaban J connectivity index is -0.00000000800. The van der Waals surface area contributed by atoms with Crippen molar-refractivity contribution < 1.29 is 113 Å². The summed E-state index contributed by atoms with van der Waals surface area (Å²) in [5.74, 6) is 0. The monoisotopic (exact) mass is 199 g/mol. The molecule has 0 unspecified atom stereocenters. The molecule has 0 fully saturated rings. The molecule has 6 nitrogen and oxygen atoms in total. The van der Waals surface area contributed by atoms with Crippen molar-refractivity contribution in [2.75, 3.05) is 0 Å². The summed E-state index contributed by atoms with van der Waals surface area (Å²) in [6, 6.07) is 0. The Labute approximate surface area is 125 Å². The standard InChI is InChI=1S/H3N.3Na.H3O4P.H2O/c;;;;1-5(2,3)4;/h1H3;;;;(H3,1,2,3,4);1H2/q;3*+1;;/p-3. The van der Waals surface area contributed by atoms with Crippen molar-refractivity contribution >= 4 is 7.82 Å². The molecule has 5 N–H and O–H groups in total. The van der Waals surface area contributed by atoms with E-state index in [4.69, 9.17) is 19.2 Å². The second-order valence-electron chi connectivity index (χ2n) is 0.447. The Morgan fingerprint density at radius 3 is 0.900 bits per heavy atom. The molecule has 0 aromatic heterocycles. The first-order chi connectivity index (χ1) is 2.00. The van der Waals surface area contributed by atoms with Gasteiger partial charge in [-0.25, -0.2) is 0 Å². The van der Waals surface area contributed by atoms with Crippen molar-refractivity contribution in [3.8, 4) is 0 Å². The fourth-order valence-corrected chi connectivity index (χ4v) is 0. The van der Waals surface area contributed by atoms with Gasteiger partial charge in [-0.05, 0) is 0 Å². The van der Waals surface area contributed by atoms with Crippen LogP contribution in [0.4, 0.5) is 0 Å². The summed E-state index contributed by atoms with van der Waals surface area (Å²) in [5.41, 5.74) is 0. The molecule has 0 aliphatic carbocycles. The number of hydrogen-bond donors (Lipinski definition) is 1. The van der Waals surface area contributed by atoms with E-state index in [0.717, 1.165) is 0 Å². The third-order valence-electron chi connectivity index (χ3n) is 0. The number of hydrogen-bond acceptors (Lipinski definition) is 5. The van der Waals surface area contributed by atoms with E-state index >= 15 is 0 Å². The van der Waals surface area contributed by atoms with E-state index in [1.165, 1.54) is 0 Å². The molecule has 48 valence electrons. The van der Waals surface area contributed by atoms with Crippen molar-refractivity contribution in [1.82, 2.24) is 6.15 Å². The van der Waals surface area contributed by atoms with E-state index < -0.39 is 7.82 Å². The van der Waals surface area contributed by atoms with E-state index in [2.05, 4.69) is 0 Å². The molecule has 0 saturated carbocycles. The molecule has 0 atom stereocenters. The van der Waals surface area contributed by atoms with E-state index in [1.54, 1.807) is 0 Å². The first-order valence-electron chi connectivity index (χ1n) is 0.730. The Morgan fingerprint density at radius 2 is 0.900 bits per heavy atom. The van der Waals surface area contributed by atoms with Gasteiger partial charge in [-0.1, -0.05) is 0 Å². The van der Waals surface area contributed by atoms with Gasteiger partial charge in [-0.2, -0.15) is 7.82 Å². The van der Waals surface area contributed by atoms with Crippen LogP contribution in [0.25, 0.3) is 0 Å². The van der Waals surface area contributed by atoms with Crippen molar-refractivity contribution in [1.29, 1.82) is 0 Å². The minimum Gasteiger partial charge on any atom is -0.822 e. The zero-order valence-corrected chi connectivity index (χ0v) is 13.2. The summed E-state index contributed by atoms with van der Waals surface area (Å²) >= 11 is 0. The van der Waals surface area contributed by atoms with Crippen LogP contribution in [0.2, 0.25) is 0 Å². The average molecular weight is 199 g/mol. The van der Waals surface area contributed by atoms with Crippen LogP contribution in [0.5, 0.6) is 0 Å². The molecule has 10 heteroatoms. The van der Waals surface area contributed by atoms with Crippen molar-refractivity contribution in [2.45, 2.75) is 0 Å². The Bertz CT molecular complexity index is 63.0. The van der Waals surface area contributed by atoms with Gasteiger partial charge in [0.1, 0.15) is 0 Å². The topological polar surface area (TPSA) is 153 Å². The molecule has 0 radical (unpaired) electrons. The Morgan fingerprint density at radius 1 is 0.900 bits per heavy atom. The van der Waals surface area contributed by atoms with E-state index in [9.17, 15) is 0 Å². The van der Waals surface area contributed by atoms with Crippen LogP contribution < -0.4 is 110 Å². The van der Waals surface area contributed by atoms with Gasteiger partial charge in [0, 0.05) is 0 Å². The maximum atomic E-state index is 8.55. The molecule has 0 aliphatic rings. The van der Waals surface area contributed by atoms with Crippen LogP contribution in [-0.2, 0) is 4.57 Å². The quantitative estimate of drug-likeness (QED) is 0.303. The normalized spacial score (nSPS) is 5.90. The molecule has 10 heavy (non-hydrogen) atoms. The van der Waals surface area contributed by atoms with Crippen LogP contribution in [0, 0.1) is 0 Å². The summed E-state index contributed by atoms with van der Waals surface area (Å²) in [6.45, 7) is 0. The molecule has 0 saturated heterocycles. The van der Waals surface area contributed by atoms with E-state index in [0.29, 0.717) is 0 Å². The van der Waals surface area contributed by atoms with Gasteiger partial charge in [-0.15, -0.1) is 0 Å². The SMILES string of the molecule is N.O.O=P([O-])([O-])[O-].[Na+].[Na+].[Na+]. The number of rotatable bonds is 0. The fraction of sp³-hybridized carbons (Fsp3) is 0. The van der Waals surface area contributed by atoms with Crippen molar-refractivity contribution in [3.63, 3.8) is 0 Å². The summed E-state index contributed by atoms with van der Waals surface area (Å²) in [7, 11) is -5.39. The smallest absolute Gasteiger partial charge is 0.822 e. The first kappa shape index (κ1) is 38.2. The molecule has 0 aromatic carbocycles. The molecule has 0 heterocycles. The summed E-state index contributed by atoms with van der Waals surface area (Å²) in [5, 5.41) is 0. The minimum absolute atomic E-state index is 0. The molecule has 0 spiro atoms. The molecule has 0 aliphatic heterocycles. The average Bonchev–Trinajstić information content (AvgIpc) is 0.722. The molecule has 0 bridgehead atoms. The molecule has 0 aromatic rings. The largest absolute Gasteiger partial charge is 1.00 e. The van der Waals surface area contributed by atoms with Gasteiger partial charge in [-0.3, -0.25) is 0 Å². The third-order valence-corrected chi connectivity index (χ3v) is 0. The maximum Gasteiger partial charge on any atom is 1.00 e. The summed E-state index contributed by atoms with van der Waals surface area (Å²) in [6.07, 6.45) is 0. The van der Waals surface area contributed by atoms with Gasteiger partial charge >= 0.3 is 88.7 Å². The summed E-state index contributed by atoms with van der Waals surface area (Å²) in [4.78, 5) is 25.6. The maximum absolute atomic E-state index is 8.55. The zero-order valence-electron chi connectivity index (χ0n) is 6.29. The predicted octanol–water partition coefficient (Wildman–Crippen LogP) is -12.5. The van der Waals surface area contributed by atoms with Gasteiger partial charge in [0.05, 0.1) is 0 Å². The van der Waals surface area contributed by atoms with Crippen LogP contribution in [0.3, 0.4) is 0 Å². The number of phosphoric acid groups is 1. The summed E-state index contributed by atoms with van der Waals surface area (Å²) < 4.78 is 8.55. The fourth-order valence-electron chi connectivity index (χ4n) is 0. The zero-order chi connectivity index (χ0) is 4.50. The van der Waals surface area contributed by atoms with Crippen LogP contribution in [-0.4, -0.2) is 5.48 Å². The third kappa shape index (κ3) is 121. The van der Waals surface area contributed by atoms with Gasteiger partial charge in [0.25, 0.3) is 0 Å². The van der Waals surface area contributed by atoms with Crippen molar-refractivity contribution in [2.24, 2.45) is 0 Å². The van der Waals surface area contributed by atoms with E-state index in [-0.39, 0.29) is 100 Å². The second-order valence-corrected chi connectivity index (χ2v) is 1.34. The van der Waals surface area contributed by atoms with Gasteiger partial charge < -0.3 is 30.9 Å². The van der Waals surface area contributed by atoms with Crippen LogP contribution in [0.1, 0.15) is 0 Å². The first-order valence-corrected chi connectivity index (χ1v) is 2.19. The minimum atomic E-state index is -5.39. The molecular formula is H5NNa3O5P. The van der Waals surface area contributed by atoms with Gasteiger partial charge in [0.15, 0.2) is 0 Å². The molecule has 0 amide bonds. The second kappa shape index (κ2) is 17.9. The van der Waals surface area contributed by atoms with Crippen LogP contribution in [0.15, 0.2) is 0 Å². The van der Waals surface area contributed by atoms with E-state index in [1.807, 2.05) is 0 Å². The molecular weight excluding hydrogens is 194 g/mol.